The number of carbonyl (C=O) groups is 1. The first kappa shape index (κ1) is 9.59. The molecule has 1 aliphatic rings. The van der Waals surface area contributed by atoms with Crippen molar-refractivity contribution < 1.29 is 9.90 Å². The maximum atomic E-state index is 11.1. The number of carboxylic acids is 1. The Hall–Kier alpha value is -1.62. The van der Waals surface area contributed by atoms with Crippen LogP contribution >= 0.6 is 11.5 Å². The van der Waals surface area contributed by atoms with Crippen molar-refractivity contribution in [3.63, 3.8) is 0 Å². The molecule has 1 aromatic heterocycles. The summed E-state index contributed by atoms with van der Waals surface area (Å²) in [6, 6.07) is 5.76. The highest BCUT2D eigenvalue weighted by molar-refractivity contribution is 7.13. The van der Waals surface area contributed by atoms with Crippen molar-refractivity contribution in [1.29, 1.82) is 0 Å². The van der Waals surface area contributed by atoms with Gasteiger partial charge in [0.15, 0.2) is 0 Å². The molecule has 1 fully saturated rings. The highest BCUT2D eigenvalue weighted by Crippen LogP contribution is 2.33. The summed E-state index contributed by atoms with van der Waals surface area (Å²) in [4.78, 5) is 11.1. The van der Waals surface area contributed by atoms with Crippen LogP contribution in [0.15, 0.2) is 18.2 Å². The number of hydrogen-bond donors (Lipinski definition) is 2. The number of nitrogens with zero attached hydrogens (tertiary/aromatic N) is 1. The molecular formula is C11H10N2O2S. The zero-order valence-electron chi connectivity index (χ0n) is 8.43. The van der Waals surface area contributed by atoms with Gasteiger partial charge in [0.25, 0.3) is 0 Å². The van der Waals surface area contributed by atoms with E-state index in [-0.39, 0.29) is 0 Å². The summed E-state index contributed by atoms with van der Waals surface area (Å²) < 4.78 is 5.21. The average molecular weight is 234 g/mol. The quantitative estimate of drug-likeness (QED) is 0.856. The first-order valence-electron chi connectivity index (χ1n) is 5.14. The van der Waals surface area contributed by atoms with Gasteiger partial charge in [-0.2, -0.15) is 4.37 Å². The van der Waals surface area contributed by atoms with Gasteiger partial charge in [-0.3, -0.25) is 0 Å². The summed E-state index contributed by atoms with van der Waals surface area (Å²) >= 11 is 1.34. The Balaban J connectivity index is 2.16. The molecule has 2 N–H and O–H groups in total. The predicted molar refractivity (Wildman–Crippen MR) is 63.2 cm³/mol. The van der Waals surface area contributed by atoms with E-state index in [1.165, 1.54) is 11.5 Å². The van der Waals surface area contributed by atoms with E-state index >= 15 is 0 Å². The van der Waals surface area contributed by atoms with Crippen LogP contribution in [-0.4, -0.2) is 21.5 Å². The van der Waals surface area contributed by atoms with Crippen LogP contribution in [0.2, 0.25) is 0 Å². The largest absolute Gasteiger partial charge is 0.478 e. The van der Waals surface area contributed by atoms with Crippen LogP contribution in [0.25, 0.3) is 10.1 Å². The lowest BCUT2D eigenvalue weighted by Crippen LogP contribution is -2.03. The zero-order valence-corrected chi connectivity index (χ0v) is 9.25. The Kier molecular flexibility index (Phi) is 2.07. The lowest BCUT2D eigenvalue weighted by atomic mass is 10.1. The number of fused-ring (bicyclic) bond motifs is 1. The van der Waals surface area contributed by atoms with Crippen molar-refractivity contribution in [3.05, 3.63) is 23.8 Å². The Morgan fingerprint density at radius 2 is 2.31 bits per heavy atom. The van der Waals surface area contributed by atoms with E-state index in [1.807, 2.05) is 6.07 Å². The fraction of sp³-hybridized carbons (Fsp3) is 0.273. The van der Waals surface area contributed by atoms with Gasteiger partial charge in [-0.05, 0) is 36.5 Å². The van der Waals surface area contributed by atoms with Gasteiger partial charge in [-0.15, -0.1) is 0 Å². The van der Waals surface area contributed by atoms with Crippen LogP contribution in [0.3, 0.4) is 0 Å². The molecule has 5 heteroatoms. The molecule has 0 atom stereocenters. The molecule has 82 valence electrons. The molecule has 1 aromatic carbocycles. The van der Waals surface area contributed by atoms with Crippen molar-refractivity contribution in [2.75, 3.05) is 5.32 Å². The monoisotopic (exact) mass is 234 g/mol. The van der Waals surface area contributed by atoms with Gasteiger partial charge in [-0.1, -0.05) is 6.07 Å². The molecule has 16 heavy (non-hydrogen) atoms. The molecule has 0 spiro atoms. The van der Waals surface area contributed by atoms with E-state index in [4.69, 9.17) is 5.11 Å². The lowest BCUT2D eigenvalue weighted by Gasteiger charge is -2.02. The molecule has 3 rings (SSSR count). The van der Waals surface area contributed by atoms with E-state index in [2.05, 4.69) is 9.69 Å². The zero-order chi connectivity index (χ0) is 11.1. The SMILES string of the molecule is O=C(O)c1cccc2snc(NC3CC3)c12. The summed E-state index contributed by atoms with van der Waals surface area (Å²) in [6.45, 7) is 0. The summed E-state index contributed by atoms with van der Waals surface area (Å²) in [5, 5.41) is 13.1. The van der Waals surface area contributed by atoms with Crippen LogP contribution in [0.5, 0.6) is 0 Å². The highest BCUT2D eigenvalue weighted by Gasteiger charge is 2.24. The maximum absolute atomic E-state index is 11.1. The molecule has 0 aliphatic heterocycles. The Morgan fingerprint density at radius 3 is 3.00 bits per heavy atom. The number of aromatic carboxylic acids is 1. The topological polar surface area (TPSA) is 62.2 Å². The fourth-order valence-electron chi connectivity index (χ4n) is 1.69. The Labute approximate surface area is 96.1 Å². The molecule has 0 bridgehead atoms. The van der Waals surface area contributed by atoms with Crippen molar-refractivity contribution in [3.8, 4) is 0 Å². The van der Waals surface area contributed by atoms with E-state index in [9.17, 15) is 4.79 Å². The van der Waals surface area contributed by atoms with Gasteiger partial charge in [-0.25, -0.2) is 4.79 Å². The molecule has 1 aliphatic carbocycles. The third-order valence-corrected chi connectivity index (χ3v) is 3.46. The highest BCUT2D eigenvalue weighted by atomic mass is 32.1. The molecule has 0 saturated heterocycles. The second kappa shape index (κ2) is 3.45. The van der Waals surface area contributed by atoms with E-state index in [0.717, 1.165) is 28.7 Å². The molecule has 1 heterocycles. The van der Waals surface area contributed by atoms with Crippen LogP contribution in [-0.2, 0) is 0 Å². The number of nitrogens with one attached hydrogen (secondary N) is 1. The smallest absolute Gasteiger partial charge is 0.336 e. The second-order valence-corrected chi connectivity index (χ2v) is 4.74. The molecule has 1 saturated carbocycles. The van der Waals surface area contributed by atoms with Crippen LogP contribution < -0.4 is 5.32 Å². The normalized spacial score (nSPS) is 15.2. The molecule has 0 radical (unpaired) electrons. The van der Waals surface area contributed by atoms with Gasteiger partial charge >= 0.3 is 5.97 Å². The van der Waals surface area contributed by atoms with Crippen LogP contribution in [0, 0.1) is 0 Å². The van der Waals surface area contributed by atoms with Gasteiger partial charge in [0, 0.05) is 6.04 Å². The Bertz CT molecular complexity index is 560. The molecule has 0 amide bonds. The van der Waals surface area contributed by atoms with E-state index < -0.39 is 5.97 Å². The molecular weight excluding hydrogens is 224 g/mol. The Morgan fingerprint density at radius 1 is 1.50 bits per heavy atom. The summed E-state index contributed by atoms with van der Waals surface area (Å²) in [7, 11) is 0. The standard InChI is InChI=1S/C11H10N2O2S/c14-11(15)7-2-1-3-8-9(7)10(13-16-8)12-6-4-5-6/h1-3,6H,4-5H2,(H,12,13)(H,14,15). The predicted octanol–water partition coefficient (Wildman–Crippen LogP) is 2.57. The molecule has 0 unspecified atom stereocenters. The van der Waals surface area contributed by atoms with Gasteiger partial charge in [0.2, 0.25) is 0 Å². The third kappa shape index (κ3) is 1.53. The van der Waals surface area contributed by atoms with Gasteiger partial charge < -0.3 is 10.4 Å². The third-order valence-electron chi connectivity index (χ3n) is 2.65. The van der Waals surface area contributed by atoms with Crippen molar-refractivity contribution in [1.82, 2.24) is 4.37 Å². The number of rotatable bonds is 3. The second-order valence-electron chi connectivity index (χ2n) is 3.93. The minimum Gasteiger partial charge on any atom is -0.478 e. The number of aromatic nitrogens is 1. The van der Waals surface area contributed by atoms with Crippen molar-refractivity contribution >= 4 is 33.4 Å². The lowest BCUT2D eigenvalue weighted by molar-refractivity contribution is 0.0699. The number of hydrogen-bond acceptors (Lipinski definition) is 4. The van der Waals surface area contributed by atoms with E-state index in [0.29, 0.717) is 11.6 Å². The molecule has 2 aromatic rings. The average Bonchev–Trinajstić information content (AvgIpc) is 2.98. The summed E-state index contributed by atoms with van der Waals surface area (Å²) in [5.74, 6) is -0.176. The van der Waals surface area contributed by atoms with Crippen molar-refractivity contribution in [2.24, 2.45) is 0 Å². The summed E-state index contributed by atoms with van der Waals surface area (Å²) in [5.41, 5.74) is 0.328. The fourth-order valence-corrected chi connectivity index (χ4v) is 2.46. The minimum atomic E-state index is -0.898. The number of benzene rings is 1. The number of carboxylic acid groups (broad SMARTS) is 1. The molecule has 4 nitrogen and oxygen atoms in total. The summed E-state index contributed by atoms with van der Waals surface area (Å²) in [6.07, 6.45) is 2.29. The number of anilines is 1. The minimum absolute atomic E-state index is 0.328. The van der Waals surface area contributed by atoms with Gasteiger partial charge in [0.1, 0.15) is 5.82 Å². The van der Waals surface area contributed by atoms with Crippen molar-refractivity contribution in [2.45, 2.75) is 18.9 Å². The first-order chi connectivity index (χ1) is 7.75. The van der Waals surface area contributed by atoms with Crippen LogP contribution in [0.1, 0.15) is 23.2 Å². The maximum Gasteiger partial charge on any atom is 0.336 e. The van der Waals surface area contributed by atoms with Crippen LogP contribution in [0.4, 0.5) is 5.82 Å². The van der Waals surface area contributed by atoms with E-state index in [1.54, 1.807) is 12.1 Å². The first-order valence-corrected chi connectivity index (χ1v) is 5.91. The van der Waals surface area contributed by atoms with Gasteiger partial charge in [0.05, 0.1) is 15.6 Å².